The second kappa shape index (κ2) is 5.07. The lowest BCUT2D eigenvalue weighted by atomic mass is 9.99. The number of nitrogens with one attached hydrogen (secondary N) is 1. The van der Waals surface area contributed by atoms with Gasteiger partial charge in [-0.2, -0.15) is 0 Å². The van der Waals surface area contributed by atoms with Crippen LogP contribution in [0.4, 0.5) is 0 Å². The van der Waals surface area contributed by atoms with Crippen LogP contribution in [0.3, 0.4) is 0 Å². The molecule has 1 atom stereocenters. The van der Waals surface area contributed by atoms with E-state index in [0.29, 0.717) is 6.04 Å². The van der Waals surface area contributed by atoms with Gasteiger partial charge in [0, 0.05) is 37.7 Å². The van der Waals surface area contributed by atoms with E-state index >= 15 is 0 Å². The minimum Gasteiger partial charge on any atom is -0.493 e. The molecule has 1 N–H and O–H groups in total. The molecule has 1 fully saturated rings. The molecule has 1 aromatic rings. The number of para-hydroxylation sites is 1. The fourth-order valence-corrected chi connectivity index (χ4v) is 2.88. The van der Waals surface area contributed by atoms with Crippen LogP contribution in [0, 0.1) is 0 Å². The molecule has 0 amide bonds. The zero-order valence-corrected chi connectivity index (χ0v) is 10.2. The van der Waals surface area contributed by atoms with Gasteiger partial charge in [-0.1, -0.05) is 18.2 Å². The van der Waals surface area contributed by atoms with Gasteiger partial charge in [-0.25, -0.2) is 0 Å². The summed E-state index contributed by atoms with van der Waals surface area (Å²) in [4.78, 5) is 2.61. The molecule has 0 aromatic heterocycles. The number of hydrogen-bond donors (Lipinski definition) is 1. The highest BCUT2D eigenvalue weighted by molar-refractivity contribution is 5.37. The Morgan fingerprint density at radius 2 is 2.12 bits per heavy atom. The van der Waals surface area contributed by atoms with Gasteiger partial charge in [-0.15, -0.1) is 0 Å². The van der Waals surface area contributed by atoms with Gasteiger partial charge in [0.05, 0.1) is 6.61 Å². The summed E-state index contributed by atoms with van der Waals surface area (Å²) >= 11 is 0. The van der Waals surface area contributed by atoms with Crippen LogP contribution in [0.1, 0.15) is 24.4 Å². The van der Waals surface area contributed by atoms with E-state index in [1.807, 2.05) is 0 Å². The van der Waals surface area contributed by atoms with E-state index in [2.05, 4.69) is 34.5 Å². The van der Waals surface area contributed by atoms with E-state index in [-0.39, 0.29) is 0 Å². The van der Waals surface area contributed by atoms with Crippen molar-refractivity contribution in [1.82, 2.24) is 10.2 Å². The highest BCUT2D eigenvalue weighted by Crippen LogP contribution is 2.35. The van der Waals surface area contributed by atoms with Gasteiger partial charge in [0.2, 0.25) is 0 Å². The van der Waals surface area contributed by atoms with Crippen LogP contribution < -0.4 is 10.1 Å². The number of hydrogen-bond acceptors (Lipinski definition) is 3. The van der Waals surface area contributed by atoms with Crippen molar-refractivity contribution in [2.45, 2.75) is 18.9 Å². The molecule has 2 aliphatic heterocycles. The summed E-state index contributed by atoms with van der Waals surface area (Å²) in [7, 11) is 0. The number of ether oxygens (including phenoxy) is 1. The van der Waals surface area contributed by atoms with Gasteiger partial charge in [-0.3, -0.25) is 4.90 Å². The van der Waals surface area contributed by atoms with E-state index < -0.39 is 0 Å². The number of rotatable bonds is 1. The van der Waals surface area contributed by atoms with Crippen molar-refractivity contribution < 1.29 is 4.74 Å². The monoisotopic (exact) mass is 232 g/mol. The predicted molar refractivity (Wildman–Crippen MR) is 68.4 cm³/mol. The van der Waals surface area contributed by atoms with Gasteiger partial charge < -0.3 is 10.1 Å². The third-order valence-corrected chi connectivity index (χ3v) is 3.74. The van der Waals surface area contributed by atoms with Crippen LogP contribution in [-0.2, 0) is 0 Å². The van der Waals surface area contributed by atoms with Crippen LogP contribution in [0.25, 0.3) is 0 Å². The Morgan fingerprint density at radius 1 is 1.18 bits per heavy atom. The molecule has 0 spiro atoms. The molecular weight excluding hydrogens is 212 g/mol. The molecule has 1 saturated heterocycles. The molecule has 0 aliphatic carbocycles. The van der Waals surface area contributed by atoms with Crippen LogP contribution in [-0.4, -0.2) is 37.7 Å². The van der Waals surface area contributed by atoms with E-state index in [0.717, 1.165) is 38.4 Å². The van der Waals surface area contributed by atoms with Gasteiger partial charge in [0.1, 0.15) is 5.75 Å². The first-order valence-electron chi connectivity index (χ1n) is 6.61. The van der Waals surface area contributed by atoms with Crippen LogP contribution in [0.2, 0.25) is 0 Å². The normalized spacial score (nSPS) is 25.8. The largest absolute Gasteiger partial charge is 0.493 e. The lowest BCUT2D eigenvalue weighted by Gasteiger charge is -2.34. The maximum absolute atomic E-state index is 5.73. The summed E-state index contributed by atoms with van der Waals surface area (Å²) in [5.41, 5.74) is 1.38. The highest BCUT2D eigenvalue weighted by atomic mass is 16.5. The molecular formula is C14H20N2O. The maximum atomic E-state index is 5.73. The predicted octanol–water partition coefficient (Wildman–Crippen LogP) is 1.81. The van der Waals surface area contributed by atoms with Crippen LogP contribution in [0.15, 0.2) is 24.3 Å². The standard InChI is InChI=1S/C14H20N2O/c1-2-5-14-12(4-1)13(6-11-17-14)16-9-3-7-15-8-10-16/h1-2,4-5,13,15H,3,6-11H2/t13-/m0/s1. The summed E-state index contributed by atoms with van der Waals surface area (Å²) < 4.78 is 5.73. The smallest absolute Gasteiger partial charge is 0.124 e. The third-order valence-electron chi connectivity index (χ3n) is 3.74. The molecule has 3 heteroatoms. The Labute approximate surface area is 103 Å². The molecule has 17 heavy (non-hydrogen) atoms. The number of benzene rings is 1. The lowest BCUT2D eigenvalue weighted by molar-refractivity contribution is 0.147. The van der Waals surface area contributed by atoms with Crippen molar-refractivity contribution in [3.63, 3.8) is 0 Å². The van der Waals surface area contributed by atoms with Gasteiger partial charge in [0.15, 0.2) is 0 Å². The average Bonchev–Trinajstić information content (AvgIpc) is 2.67. The summed E-state index contributed by atoms with van der Waals surface area (Å²) in [6.45, 7) is 5.47. The minimum absolute atomic E-state index is 0.555. The molecule has 92 valence electrons. The van der Waals surface area contributed by atoms with Crippen molar-refractivity contribution in [2.75, 3.05) is 32.8 Å². The molecule has 0 saturated carbocycles. The van der Waals surface area contributed by atoms with Gasteiger partial charge >= 0.3 is 0 Å². The first-order valence-corrected chi connectivity index (χ1v) is 6.61. The Bertz CT molecular complexity index is 372. The third kappa shape index (κ3) is 2.31. The molecule has 2 aliphatic rings. The molecule has 2 heterocycles. The van der Waals surface area contributed by atoms with Crippen molar-refractivity contribution in [3.05, 3.63) is 29.8 Å². The summed E-state index contributed by atoms with van der Waals surface area (Å²) in [6, 6.07) is 9.05. The van der Waals surface area contributed by atoms with Crippen molar-refractivity contribution in [3.8, 4) is 5.75 Å². The van der Waals surface area contributed by atoms with Crippen molar-refractivity contribution >= 4 is 0 Å². The van der Waals surface area contributed by atoms with Gasteiger partial charge in [-0.05, 0) is 19.0 Å². The van der Waals surface area contributed by atoms with Crippen LogP contribution in [0.5, 0.6) is 5.75 Å². The quantitative estimate of drug-likeness (QED) is 0.799. The second-order valence-corrected chi connectivity index (χ2v) is 4.83. The van der Waals surface area contributed by atoms with Crippen molar-refractivity contribution in [2.24, 2.45) is 0 Å². The van der Waals surface area contributed by atoms with E-state index in [9.17, 15) is 0 Å². The molecule has 0 unspecified atom stereocenters. The average molecular weight is 232 g/mol. The van der Waals surface area contributed by atoms with E-state index in [1.165, 1.54) is 18.5 Å². The summed E-state index contributed by atoms with van der Waals surface area (Å²) in [6.07, 6.45) is 2.37. The fourth-order valence-electron chi connectivity index (χ4n) is 2.88. The summed E-state index contributed by atoms with van der Waals surface area (Å²) in [5, 5.41) is 3.47. The molecule has 3 rings (SSSR count). The summed E-state index contributed by atoms with van der Waals surface area (Å²) in [5.74, 6) is 1.08. The fraction of sp³-hybridized carbons (Fsp3) is 0.571. The Morgan fingerprint density at radius 3 is 3.12 bits per heavy atom. The van der Waals surface area contributed by atoms with Crippen molar-refractivity contribution in [1.29, 1.82) is 0 Å². The van der Waals surface area contributed by atoms with E-state index in [1.54, 1.807) is 0 Å². The van der Waals surface area contributed by atoms with Crippen LogP contribution >= 0.6 is 0 Å². The topological polar surface area (TPSA) is 24.5 Å². The maximum Gasteiger partial charge on any atom is 0.124 e. The first-order chi connectivity index (χ1) is 8.45. The lowest BCUT2D eigenvalue weighted by Crippen LogP contribution is -2.35. The van der Waals surface area contributed by atoms with E-state index in [4.69, 9.17) is 4.74 Å². The minimum atomic E-state index is 0.555. The Kier molecular flexibility index (Phi) is 3.29. The zero-order chi connectivity index (χ0) is 11.5. The molecule has 0 radical (unpaired) electrons. The number of fused-ring (bicyclic) bond motifs is 1. The second-order valence-electron chi connectivity index (χ2n) is 4.83. The molecule has 0 bridgehead atoms. The Hall–Kier alpha value is -1.06. The molecule has 1 aromatic carbocycles. The van der Waals surface area contributed by atoms with Gasteiger partial charge in [0.25, 0.3) is 0 Å². The first kappa shape index (κ1) is 11.1. The SMILES string of the molecule is c1ccc2c(c1)OCC[C@@H]2N1CCCNCC1. The zero-order valence-electron chi connectivity index (χ0n) is 10.2. The number of nitrogens with zero attached hydrogens (tertiary/aromatic N) is 1. The molecule has 3 nitrogen and oxygen atoms in total. The highest BCUT2D eigenvalue weighted by Gasteiger charge is 2.26. The Balaban J connectivity index is 1.83.